The SMILES string of the molecule is C[C@H]1Cc2ccccc2N1CC(=O)Nc1ccc(S(=O)(=O)N(C)C)cc1. The number of rotatable bonds is 5. The molecule has 6 nitrogen and oxygen atoms in total. The van der Waals surface area contributed by atoms with Gasteiger partial charge in [-0.15, -0.1) is 0 Å². The van der Waals surface area contributed by atoms with E-state index in [4.69, 9.17) is 0 Å². The van der Waals surface area contributed by atoms with Crippen molar-refractivity contribution >= 4 is 27.3 Å². The molecule has 2 aromatic rings. The van der Waals surface area contributed by atoms with Gasteiger partial charge in [0.15, 0.2) is 0 Å². The second kappa shape index (κ2) is 7.09. The van der Waals surface area contributed by atoms with E-state index in [1.54, 1.807) is 12.1 Å². The lowest BCUT2D eigenvalue weighted by Gasteiger charge is -2.24. The monoisotopic (exact) mass is 373 g/mol. The van der Waals surface area contributed by atoms with Crippen LogP contribution in [0.25, 0.3) is 0 Å². The molecule has 0 bridgehead atoms. The number of carbonyl (C=O) groups is 1. The van der Waals surface area contributed by atoms with E-state index in [2.05, 4.69) is 23.2 Å². The highest BCUT2D eigenvalue weighted by atomic mass is 32.2. The maximum atomic E-state index is 12.4. The molecule has 0 aromatic heterocycles. The summed E-state index contributed by atoms with van der Waals surface area (Å²) in [5.74, 6) is -0.128. The van der Waals surface area contributed by atoms with Crippen LogP contribution >= 0.6 is 0 Å². The zero-order valence-electron chi connectivity index (χ0n) is 15.1. The maximum absolute atomic E-state index is 12.4. The number of nitrogens with zero attached hydrogens (tertiary/aromatic N) is 2. The van der Waals surface area contributed by atoms with E-state index in [9.17, 15) is 13.2 Å². The van der Waals surface area contributed by atoms with Crippen LogP contribution in [0.3, 0.4) is 0 Å². The molecule has 0 saturated carbocycles. The van der Waals surface area contributed by atoms with Crippen molar-refractivity contribution in [2.75, 3.05) is 30.9 Å². The Kier molecular flexibility index (Phi) is 5.02. The Hall–Kier alpha value is -2.38. The summed E-state index contributed by atoms with van der Waals surface area (Å²) >= 11 is 0. The first-order valence-corrected chi connectivity index (χ1v) is 9.90. The summed E-state index contributed by atoms with van der Waals surface area (Å²) < 4.78 is 25.3. The summed E-state index contributed by atoms with van der Waals surface area (Å²) in [7, 11) is -0.497. The minimum atomic E-state index is -3.47. The molecule has 7 heteroatoms. The molecular weight excluding hydrogens is 350 g/mol. The standard InChI is InChI=1S/C19H23N3O3S/c1-14-12-15-6-4-5-7-18(15)22(14)13-19(23)20-16-8-10-17(11-9-16)26(24,25)21(2)3/h4-11,14H,12-13H2,1-3H3,(H,20,23)/t14-/m0/s1. The molecule has 2 aromatic carbocycles. The van der Waals surface area contributed by atoms with Crippen molar-refractivity contribution in [2.24, 2.45) is 0 Å². The lowest BCUT2D eigenvalue weighted by molar-refractivity contribution is -0.115. The van der Waals surface area contributed by atoms with Crippen LogP contribution in [0.1, 0.15) is 12.5 Å². The third-order valence-corrected chi connectivity index (χ3v) is 6.41. The van der Waals surface area contributed by atoms with Crippen LogP contribution in [-0.2, 0) is 21.2 Å². The van der Waals surface area contributed by atoms with Crippen LogP contribution in [0, 0.1) is 0 Å². The Labute approximate surface area is 154 Å². The number of hydrogen-bond acceptors (Lipinski definition) is 4. The van der Waals surface area contributed by atoms with Crippen LogP contribution in [-0.4, -0.2) is 45.3 Å². The van der Waals surface area contributed by atoms with Crippen LogP contribution < -0.4 is 10.2 Å². The number of nitrogens with one attached hydrogen (secondary N) is 1. The normalized spacial score (nSPS) is 16.6. The molecule has 1 amide bonds. The van der Waals surface area contributed by atoms with E-state index in [1.165, 1.54) is 31.8 Å². The van der Waals surface area contributed by atoms with Gasteiger partial charge in [0.2, 0.25) is 15.9 Å². The highest BCUT2D eigenvalue weighted by Gasteiger charge is 2.27. The molecule has 0 fully saturated rings. The molecular formula is C19H23N3O3S. The first kappa shape index (κ1) is 18.4. The van der Waals surface area contributed by atoms with Gasteiger partial charge < -0.3 is 10.2 Å². The summed E-state index contributed by atoms with van der Waals surface area (Å²) in [6.07, 6.45) is 0.931. The number of para-hydroxylation sites is 1. The quantitative estimate of drug-likeness (QED) is 0.873. The number of benzene rings is 2. The molecule has 0 spiro atoms. The van der Waals surface area contributed by atoms with Crippen LogP contribution in [0.15, 0.2) is 53.4 Å². The Morgan fingerprint density at radius 3 is 2.46 bits per heavy atom. The number of carbonyl (C=O) groups excluding carboxylic acids is 1. The molecule has 3 rings (SSSR count). The predicted molar refractivity (Wildman–Crippen MR) is 103 cm³/mol. The first-order chi connectivity index (χ1) is 12.3. The van der Waals surface area contributed by atoms with Crippen LogP contribution in [0.4, 0.5) is 11.4 Å². The molecule has 1 atom stereocenters. The largest absolute Gasteiger partial charge is 0.359 e. The fourth-order valence-electron chi connectivity index (χ4n) is 3.15. The van der Waals surface area contributed by atoms with Gasteiger partial charge >= 0.3 is 0 Å². The minimum absolute atomic E-state index is 0.128. The van der Waals surface area contributed by atoms with Gasteiger partial charge in [0.25, 0.3) is 0 Å². The van der Waals surface area contributed by atoms with Crippen LogP contribution in [0.2, 0.25) is 0 Å². The second-order valence-corrected chi connectivity index (χ2v) is 8.82. The second-order valence-electron chi connectivity index (χ2n) is 6.67. The molecule has 0 saturated heterocycles. The van der Waals surface area contributed by atoms with E-state index >= 15 is 0 Å². The molecule has 138 valence electrons. The first-order valence-electron chi connectivity index (χ1n) is 8.46. The highest BCUT2D eigenvalue weighted by molar-refractivity contribution is 7.89. The van der Waals surface area contributed by atoms with Gasteiger partial charge in [-0.1, -0.05) is 18.2 Å². The van der Waals surface area contributed by atoms with E-state index in [0.29, 0.717) is 5.69 Å². The molecule has 1 heterocycles. The summed E-state index contributed by atoms with van der Waals surface area (Å²) in [6.45, 7) is 2.37. The third kappa shape index (κ3) is 3.59. The Morgan fingerprint density at radius 1 is 1.15 bits per heavy atom. The number of amides is 1. The Balaban J connectivity index is 1.68. The summed E-state index contributed by atoms with van der Waals surface area (Å²) in [5, 5.41) is 2.84. The van der Waals surface area contributed by atoms with Gasteiger partial charge in [0, 0.05) is 31.5 Å². The zero-order valence-corrected chi connectivity index (χ0v) is 16.0. The Bertz CT molecular complexity index is 908. The number of anilines is 2. The number of fused-ring (bicyclic) bond motifs is 1. The average Bonchev–Trinajstić information content (AvgIpc) is 2.91. The van der Waals surface area contributed by atoms with E-state index in [-0.39, 0.29) is 23.4 Å². The molecule has 1 aliphatic heterocycles. The molecule has 1 aliphatic rings. The lowest BCUT2D eigenvalue weighted by atomic mass is 10.1. The van der Waals surface area contributed by atoms with Gasteiger partial charge in [-0.2, -0.15) is 0 Å². The maximum Gasteiger partial charge on any atom is 0.243 e. The van der Waals surface area contributed by atoms with E-state index in [1.807, 2.05) is 18.2 Å². The van der Waals surface area contributed by atoms with Crippen molar-refractivity contribution in [3.05, 3.63) is 54.1 Å². The van der Waals surface area contributed by atoms with E-state index < -0.39 is 10.0 Å². The van der Waals surface area contributed by atoms with Crippen LogP contribution in [0.5, 0.6) is 0 Å². The van der Waals surface area contributed by atoms with Gasteiger partial charge in [0.05, 0.1) is 11.4 Å². The van der Waals surface area contributed by atoms with Crippen molar-refractivity contribution in [1.82, 2.24) is 4.31 Å². The van der Waals surface area contributed by atoms with Crippen molar-refractivity contribution < 1.29 is 13.2 Å². The molecule has 0 radical (unpaired) electrons. The third-order valence-electron chi connectivity index (χ3n) is 4.58. The molecule has 0 unspecified atom stereocenters. The van der Waals surface area contributed by atoms with Crippen molar-refractivity contribution in [3.8, 4) is 0 Å². The lowest BCUT2D eigenvalue weighted by Crippen LogP contribution is -2.37. The highest BCUT2D eigenvalue weighted by Crippen LogP contribution is 2.31. The fraction of sp³-hybridized carbons (Fsp3) is 0.316. The molecule has 26 heavy (non-hydrogen) atoms. The van der Waals surface area contributed by atoms with Crippen molar-refractivity contribution in [2.45, 2.75) is 24.3 Å². The minimum Gasteiger partial charge on any atom is -0.359 e. The van der Waals surface area contributed by atoms with Gasteiger partial charge in [0.1, 0.15) is 0 Å². The number of hydrogen-bond donors (Lipinski definition) is 1. The number of sulfonamides is 1. The smallest absolute Gasteiger partial charge is 0.243 e. The van der Waals surface area contributed by atoms with Crippen molar-refractivity contribution in [1.29, 1.82) is 0 Å². The summed E-state index contributed by atoms with van der Waals surface area (Å²) in [6, 6.07) is 14.6. The fourth-order valence-corrected chi connectivity index (χ4v) is 4.05. The summed E-state index contributed by atoms with van der Waals surface area (Å²) in [4.78, 5) is 14.7. The van der Waals surface area contributed by atoms with Gasteiger partial charge in [-0.05, 0) is 49.2 Å². The zero-order chi connectivity index (χ0) is 18.9. The molecule has 0 aliphatic carbocycles. The molecule has 1 N–H and O–H groups in total. The van der Waals surface area contributed by atoms with Gasteiger partial charge in [-0.3, -0.25) is 4.79 Å². The summed E-state index contributed by atoms with van der Waals surface area (Å²) in [5.41, 5.74) is 2.93. The average molecular weight is 373 g/mol. The Morgan fingerprint density at radius 2 is 1.81 bits per heavy atom. The van der Waals surface area contributed by atoms with Crippen molar-refractivity contribution in [3.63, 3.8) is 0 Å². The topological polar surface area (TPSA) is 69.7 Å². The predicted octanol–water partition coefficient (Wildman–Crippen LogP) is 2.33. The van der Waals surface area contributed by atoms with E-state index in [0.717, 1.165) is 16.4 Å². The van der Waals surface area contributed by atoms with Gasteiger partial charge in [-0.25, -0.2) is 12.7 Å².